The van der Waals surface area contributed by atoms with E-state index in [0.29, 0.717) is 5.69 Å². The Morgan fingerprint density at radius 1 is 1.21 bits per heavy atom. The molecule has 1 amide bonds. The Kier molecular flexibility index (Phi) is 7.37. The van der Waals surface area contributed by atoms with Gasteiger partial charge < -0.3 is 15.4 Å². The second kappa shape index (κ2) is 9.26. The minimum absolute atomic E-state index is 0.177. The number of aromatic nitrogens is 1. The molecule has 0 unspecified atom stereocenters. The van der Waals surface area contributed by atoms with E-state index in [4.69, 9.17) is 9.90 Å². The quantitative estimate of drug-likeness (QED) is 0.684. The zero-order valence-corrected chi connectivity index (χ0v) is 13.3. The van der Waals surface area contributed by atoms with Gasteiger partial charge in [-0.3, -0.25) is 14.4 Å². The first-order valence-corrected chi connectivity index (χ1v) is 8.38. The Balaban J connectivity index is 0.000000891. The van der Waals surface area contributed by atoms with E-state index in [1.807, 2.05) is 0 Å². The molecular formula is C15H16N2O6S. The number of anilines is 1. The molecule has 0 atom stereocenters. The molecule has 2 aromatic rings. The number of carbonyl (C=O) groups excluding carboxylic acids is 1. The van der Waals surface area contributed by atoms with E-state index in [1.54, 1.807) is 18.2 Å². The molecule has 0 bridgehead atoms. The van der Waals surface area contributed by atoms with Crippen LogP contribution in [0.5, 0.6) is 0 Å². The zero-order valence-electron chi connectivity index (χ0n) is 12.5. The van der Waals surface area contributed by atoms with Gasteiger partial charge in [-0.1, -0.05) is 18.2 Å². The molecule has 1 heterocycles. The van der Waals surface area contributed by atoms with E-state index < -0.39 is 15.7 Å². The number of hydrogen-bond acceptors (Lipinski definition) is 5. The molecule has 1 aromatic heterocycles. The third-order valence-electron chi connectivity index (χ3n) is 2.76. The number of benzene rings is 1. The summed E-state index contributed by atoms with van der Waals surface area (Å²) >= 11 is 0. The van der Waals surface area contributed by atoms with Crippen LogP contribution in [0.4, 0.5) is 5.69 Å². The number of nitrogens with one attached hydrogen (secondary N) is 2. The summed E-state index contributed by atoms with van der Waals surface area (Å²) in [4.78, 5) is 33.8. The fourth-order valence-corrected chi connectivity index (χ4v) is 2.98. The van der Waals surface area contributed by atoms with Crippen molar-refractivity contribution in [3.63, 3.8) is 0 Å². The maximum Gasteiger partial charge on any atom is 0.290 e. The molecule has 1 aromatic carbocycles. The molecule has 0 radical (unpaired) electrons. The lowest BCUT2D eigenvalue weighted by Gasteiger charge is -2.06. The lowest BCUT2D eigenvalue weighted by atomic mass is 10.3. The summed E-state index contributed by atoms with van der Waals surface area (Å²) in [5, 5.41) is 9.37. The molecule has 8 nitrogen and oxygen atoms in total. The van der Waals surface area contributed by atoms with Gasteiger partial charge in [0.1, 0.15) is 0 Å². The first kappa shape index (κ1) is 19.1. The maximum absolute atomic E-state index is 12.0. The SMILES string of the molecule is O=C(CCS(=O)(=O)c1ccccc1)Nc1cc[nH]c(=O)c1.O=CO. The first-order valence-electron chi connectivity index (χ1n) is 6.73. The van der Waals surface area contributed by atoms with Gasteiger partial charge in [-0.05, 0) is 18.2 Å². The van der Waals surface area contributed by atoms with Crippen molar-refractivity contribution in [1.29, 1.82) is 0 Å². The van der Waals surface area contributed by atoms with Crippen LogP contribution in [0.2, 0.25) is 0 Å². The Hall–Kier alpha value is -2.94. The molecule has 0 fully saturated rings. The molecule has 0 saturated carbocycles. The van der Waals surface area contributed by atoms with Gasteiger partial charge in [-0.15, -0.1) is 0 Å². The van der Waals surface area contributed by atoms with Crippen LogP contribution in [-0.4, -0.2) is 36.6 Å². The molecule has 9 heteroatoms. The number of pyridine rings is 1. The number of rotatable bonds is 5. The topological polar surface area (TPSA) is 133 Å². The summed E-state index contributed by atoms with van der Waals surface area (Å²) < 4.78 is 24.0. The van der Waals surface area contributed by atoms with Crippen molar-refractivity contribution >= 4 is 27.9 Å². The summed E-state index contributed by atoms with van der Waals surface area (Å²) in [6.45, 7) is -0.250. The van der Waals surface area contributed by atoms with Crippen molar-refractivity contribution in [3.8, 4) is 0 Å². The molecule has 0 spiro atoms. The summed E-state index contributed by atoms with van der Waals surface area (Å²) in [6, 6.07) is 10.7. The van der Waals surface area contributed by atoms with Crippen molar-refractivity contribution < 1.29 is 23.1 Å². The molecule has 0 saturated heterocycles. The van der Waals surface area contributed by atoms with Crippen LogP contribution in [0.3, 0.4) is 0 Å². The highest BCUT2D eigenvalue weighted by Gasteiger charge is 2.16. The van der Waals surface area contributed by atoms with Crippen LogP contribution >= 0.6 is 0 Å². The van der Waals surface area contributed by atoms with E-state index in [-0.39, 0.29) is 29.1 Å². The zero-order chi connectivity index (χ0) is 18.0. The van der Waals surface area contributed by atoms with Crippen molar-refractivity contribution in [2.45, 2.75) is 11.3 Å². The standard InChI is InChI=1S/C14H14N2O4S.CH2O2/c17-13(16-11-6-8-15-14(18)10-11)7-9-21(19,20)12-4-2-1-3-5-12;2-1-3/h1-6,8,10H,7,9H2,(H2,15,16,17,18);1H,(H,2,3). The average molecular weight is 352 g/mol. The van der Waals surface area contributed by atoms with Gasteiger partial charge in [0.25, 0.3) is 6.47 Å². The third kappa shape index (κ3) is 6.44. The van der Waals surface area contributed by atoms with Crippen molar-refractivity contribution in [2.75, 3.05) is 11.1 Å². The fourth-order valence-electron chi connectivity index (χ4n) is 1.72. The lowest BCUT2D eigenvalue weighted by Crippen LogP contribution is -2.18. The van der Waals surface area contributed by atoms with E-state index >= 15 is 0 Å². The number of carbonyl (C=O) groups is 2. The van der Waals surface area contributed by atoms with Crippen LogP contribution in [0.1, 0.15) is 6.42 Å². The highest BCUT2D eigenvalue weighted by Crippen LogP contribution is 2.11. The second-order valence-corrected chi connectivity index (χ2v) is 6.59. The van der Waals surface area contributed by atoms with Gasteiger partial charge in [-0.25, -0.2) is 8.42 Å². The third-order valence-corrected chi connectivity index (χ3v) is 4.49. The number of sulfone groups is 1. The van der Waals surface area contributed by atoms with Crippen LogP contribution in [0, 0.1) is 0 Å². The number of carboxylic acid groups (broad SMARTS) is 1. The fraction of sp³-hybridized carbons (Fsp3) is 0.133. The minimum Gasteiger partial charge on any atom is -0.483 e. The lowest BCUT2D eigenvalue weighted by molar-refractivity contribution is -0.123. The number of H-pyrrole nitrogens is 1. The smallest absolute Gasteiger partial charge is 0.290 e. The summed E-state index contributed by atoms with van der Waals surface area (Å²) in [6.07, 6.45) is 1.22. The van der Waals surface area contributed by atoms with E-state index in [9.17, 15) is 18.0 Å². The Labute approximate surface area is 138 Å². The Bertz CT molecular complexity index is 830. The predicted molar refractivity (Wildman–Crippen MR) is 87.5 cm³/mol. The molecule has 128 valence electrons. The van der Waals surface area contributed by atoms with Gasteiger partial charge in [0.15, 0.2) is 9.84 Å². The molecule has 0 aliphatic heterocycles. The number of aromatic amines is 1. The Morgan fingerprint density at radius 2 is 1.83 bits per heavy atom. The maximum atomic E-state index is 12.0. The molecular weight excluding hydrogens is 336 g/mol. The van der Waals surface area contributed by atoms with E-state index in [0.717, 1.165) is 0 Å². The molecule has 24 heavy (non-hydrogen) atoms. The van der Waals surface area contributed by atoms with Gasteiger partial charge in [0.2, 0.25) is 11.5 Å². The van der Waals surface area contributed by atoms with Crippen LogP contribution in [0.15, 0.2) is 58.4 Å². The molecule has 0 aliphatic rings. The first-order chi connectivity index (χ1) is 11.4. The second-order valence-electron chi connectivity index (χ2n) is 4.48. The minimum atomic E-state index is -3.48. The van der Waals surface area contributed by atoms with Crippen molar-refractivity contribution in [2.24, 2.45) is 0 Å². The van der Waals surface area contributed by atoms with E-state index in [2.05, 4.69) is 10.3 Å². The predicted octanol–water partition coefficient (Wildman–Crippen LogP) is 0.878. The normalized spacial score (nSPS) is 10.2. The number of hydrogen-bond donors (Lipinski definition) is 3. The van der Waals surface area contributed by atoms with E-state index in [1.165, 1.54) is 30.5 Å². The highest BCUT2D eigenvalue weighted by molar-refractivity contribution is 7.91. The molecule has 0 aliphatic carbocycles. The van der Waals surface area contributed by atoms with Crippen LogP contribution in [-0.2, 0) is 19.4 Å². The Morgan fingerprint density at radius 3 is 2.42 bits per heavy atom. The van der Waals surface area contributed by atoms with Gasteiger partial charge in [0.05, 0.1) is 10.6 Å². The monoisotopic (exact) mass is 352 g/mol. The summed E-state index contributed by atoms with van der Waals surface area (Å²) in [7, 11) is -3.48. The van der Waals surface area contributed by atoms with Crippen molar-refractivity contribution in [1.82, 2.24) is 4.98 Å². The number of amides is 1. The highest BCUT2D eigenvalue weighted by atomic mass is 32.2. The van der Waals surface area contributed by atoms with Gasteiger partial charge in [-0.2, -0.15) is 0 Å². The average Bonchev–Trinajstić information content (AvgIpc) is 2.55. The van der Waals surface area contributed by atoms with Crippen molar-refractivity contribution in [3.05, 3.63) is 59.0 Å². The molecule has 3 N–H and O–H groups in total. The van der Waals surface area contributed by atoms with Gasteiger partial charge in [0, 0.05) is 24.4 Å². The van der Waals surface area contributed by atoms with Gasteiger partial charge >= 0.3 is 0 Å². The largest absolute Gasteiger partial charge is 0.483 e. The summed E-state index contributed by atoms with van der Waals surface area (Å²) in [5.74, 6) is -0.744. The molecule has 2 rings (SSSR count). The summed E-state index contributed by atoms with van der Waals surface area (Å²) in [5.41, 5.74) is -0.00874. The van der Waals surface area contributed by atoms with Crippen LogP contribution < -0.4 is 10.9 Å². The van der Waals surface area contributed by atoms with Crippen LogP contribution in [0.25, 0.3) is 0 Å².